The summed E-state index contributed by atoms with van der Waals surface area (Å²) in [5.74, 6) is 1.28. The number of aldehydes is 2. The largest absolute Gasteiger partial charge is 0.381 e. The third-order valence-electron chi connectivity index (χ3n) is 3.43. The molecule has 0 spiro atoms. The van der Waals surface area contributed by atoms with E-state index >= 15 is 0 Å². The molecule has 4 nitrogen and oxygen atoms in total. The SMILES string of the molecule is O=CCCOCC1CCC(COCCC=O)CC1. The van der Waals surface area contributed by atoms with Crippen LogP contribution in [0.15, 0.2) is 0 Å². The molecule has 0 aromatic rings. The lowest BCUT2D eigenvalue weighted by Gasteiger charge is -2.28. The van der Waals surface area contributed by atoms with Crippen LogP contribution in [0.25, 0.3) is 0 Å². The highest BCUT2D eigenvalue weighted by Gasteiger charge is 2.21. The molecule has 0 unspecified atom stereocenters. The fraction of sp³-hybridized carbons (Fsp3) is 0.857. The molecule has 0 atom stereocenters. The normalized spacial score (nSPS) is 23.8. The molecule has 4 heteroatoms. The van der Waals surface area contributed by atoms with Gasteiger partial charge < -0.3 is 19.1 Å². The Morgan fingerprint density at radius 3 is 1.50 bits per heavy atom. The van der Waals surface area contributed by atoms with Crippen LogP contribution in [0.2, 0.25) is 0 Å². The molecule has 0 amide bonds. The Morgan fingerprint density at radius 1 is 0.778 bits per heavy atom. The molecule has 1 saturated carbocycles. The van der Waals surface area contributed by atoms with Gasteiger partial charge in [-0.05, 0) is 37.5 Å². The van der Waals surface area contributed by atoms with E-state index in [1.165, 1.54) is 25.7 Å². The molecule has 0 aromatic heterocycles. The third-order valence-corrected chi connectivity index (χ3v) is 3.43. The number of ether oxygens (including phenoxy) is 2. The molecule has 1 rings (SSSR count). The molecular weight excluding hydrogens is 232 g/mol. The predicted molar refractivity (Wildman–Crippen MR) is 68.4 cm³/mol. The molecule has 0 heterocycles. The van der Waals surface area contributed by atoms with E-state index < -0.39 is 0 Å². The van der Waals surface area contributed by atoms with Crippen LogP contribution in [0.5, 0.6) is 0 Å². The average Bonchev–Trinajstić information content (AvgIpc) is 2.41. The van der Waals surface area contributed by atoms with Gasteiger partial charge in [0.25, 0.3) is 0 Å². The van der Waals surface area contributed by atoms with Crippen LogP contribution < -0.4 is 0 Å². The lowest BCUT2D eigenvalue weighted by atomic mass is 9.83. The fourth-order valence-corrected chi connectivity index (χ4v) is 2.33. The molecule has 1 fully saturated rings. The molecule has 0 bridgehead atoms. The smallest absolute Gasteiger partial charge is 0.122 e. The molecule has 104 valence electrons. The molecule has 0 N–H and O–H groups in total. The van der Waals surface area contributed by atoms with Crippen LogP contribution in [0.4, 0.5) is 0 Å². The monoisotopic (exact) mass is 256 g/mol. The van der Waals surface area contributed by atoms with Crippen molar-refractivity contribution in [2.75, 3.05) is 26.4 Å². The van der Waals surface area contributed by atoms with E-state index in [1.807, 2.05) is 0 Å². The van der Waals surface area contributed by atoms with E-state index in [1.54, 1.807) is 0 Å². The highest BCUT2D eigenvalue weighted by Crippen LogP contribution is 2.29. The molecule has 1 aliphatic rings. The van der Waals surface area contributed by atoms with Gasteiger partial charge in [0.1, 0.15) is 12.6 Å². The molecule has 0 radical (unpaired) electrons. The molecule has 0 saturated heterocycles. The van der Waals surface area contributed by atoms with Crippen molar-refractivity contribution in [1.29, 1.82) is 0 Å². The van der Waals surface area contributed by atoms with Crippen molar-refractivity contribution in [3.05, 3.63) is 0 Å². The van der Waals surface area contributed by atoms with Crippen LogP contribution in [0, 0.1) is 11.8 Å². The summed E-state index contributed by atoms with van der Waals surface area (Å²) in [6.45, 7) is 2.68. The summed E-state index contributed by atoms with van der Waals surface area (Å²) in [5.41, 5.74) is 0. The maximum Gasteiger partial charge on any atom is 0.122 e. The summed E-state index contributed by atoms with van der Waals surface area (Å²) < 4.78 is 10.9. The Hall–Kier alpha value is -0.740. The van der Waals surface area contributed by atoms with E-state index in [0.717, 1.165) is 25.8 Å². The number of carbonyl (C=O) groups is 2. The van der Waals surface area contributed by atoms with Gasteiger partial charge in [-0.3, -0.25) is 0 Å². The minimum Gasteiger partial charge on any atom is -0.381 e. The maximum atomic E-state index is 10.1. The second-order valence-electron chi connectivity index (χ2n) is 4.95. The average molecular weight is 256 g/mol. The summed E-state index contributed by atoms with van der Waals surface area (Å²) in [4.78, 5) is 20.3. The van der Waals surface area contributed by atoms with Gasteiger partial charge in [0.15, 0.2) is 0 Å². The Morgan fingerprint density at radius 2 is 1.17 bits per heavy atom. The molecule has 0 aromatic carbocycles. The lowest BCUT2D eigenvalue weighted by molar-refractivity contribution is -0.109. The van der Waals surface area contributed by atoms with Crippen molar-refractivity contribution in [1.82, 2.24) is 0 Å². The Bertz CT molecular complexity index is 198. The van der Waals surface area contributed by atoms with E-state index in [0.29, 0.717) is 37.9 Å². The minimum absolute atomic E-state index is 0.500. The molecule has 1 aliphatic carbocycles. The first kappa shape index (κ1) is 15.3. The molecule has 0 aliphatic heterocycles. The zero-order valence-electron chi connectivity index (χ0n) is 11.0. The fourth-order valence-electron chi connectivity index (χ4n) is 2.33. The van der Waals surface area contributed by atoms with E-state index in [2.05, 4.69) is 0 Å². The van der Waals surface area contributed by atoms with Gasteiger partial charge in [0.2, 0.25) is 0 Å². The Balaban J connectivity index is 1.98. The third kappa shape index (κ3) is 6.87. The van der Waals surface area contributed by atoms with Gasteiger partial charge in [-0.25, -0.2) is 0 Å². The van der Waals surface area contributed by atoms with Crippen molar-refractivity contribution in [3.8, 4) is 0 Å². The van der Waals surface area contributed by atoms with Gasteiger partial charge in [-0.2, -0.15) is 0 Å². The number of hydrogen-bond donors (Lipinski definition) is 0. The van der Waals surface area contributed by atoms with Gasteiger partial charge in [-0.1, -0.05) is 0 Å². The van der Waals surface area contributed by atoms with Crippen molar-refractivity contribution < 1.29 is 19.1 Å². The second-order valence-corrected chi connectivity index (χ2v) is 4.95. The van der Waals surface area contributed by atoms with Crippen molar-refractivity contribution in [2.24, 2.45) is 11.8 Å². The van der Waals surface area contributed by atoms with Gasteiger partial charge in [0.05, 0.1) is 13.2 Å². The van der Waals surface area contributed by atoms with E-state index in [9.17, 15) is 9.59 Å². The first-order valence-electron chi connectivity index (χ1n) is 6.89. The Labute approximate surface area is 109 Å². The summed E-state index contributed by atoms with van der Waals surface area (Å²) >= 11 is 0. The quantitative estimate of drug-likeness (QED) is 0.443. The lowest BCUT2D eigenvalue weighted by Crippen LogP contribution is -2.22. The van der Waals surface area contributed by atoms with Crippen LogP contribution in [-0.2, 0) is 19.1 Å². The van der Waals surface area contributed by atoms with E-state index in [-0.39, 0.29) is 0 Å². The summed E-state index contributed by atoms with van der Waals surface area (Å²) in [6.07, 6.45) is 7.53. The highest BCUT2D eigenvalue weighted by atomic mass is 16.5. The van der Waals surface area contributed by atoms with E-state index in [4.69, 9.17) is 9.47 Å². The van der Waals surface area contributed by atoms with Gasteiger partial charge in [-0.15, -0.1) is 0 Å². The first-order chi connectivity index (χ1) is 8.86. The van der Waals surface area contributed by atoms with Gasteiger partial charge in [0, 0.05) is 26.1 Å². The maximum absolute atomic E-state index is 10.1. The van der Waals surface area contributed by atoms with Crippen molar-refractivity contribution >= 4 is 12.6 Å². The van der Waals surface area contributed by atoms with Crippen LogP contribution in [0.3, 0.4) is 0 Å². The van der Waals surface area contributed by atoms with Crippen LogP contribution >= 0.6 is 0 Å². The topological polar surface area (TPSA) is 52.6 Å². The summed E-state index contributed by atoms with van der Waals surface area (Å²) in [5, 5.41) is 0. The Kier molecular flexibility index (Phi) is 8.69. The number of rotatable bonds is 10. The molecule has 18 heavy (non-hydrogen) atoms. The number of hydrogen-bond acceptors (Lipinski definition) is 4. The van der Waals surface area contributed by atoms with Crippen LogP contribution in [-0.4, -0.2) is 39.0 Å². The minimum atomic E-state index is 0.500. The van der Waals surface area contributed by atoms with Crippen molar-refractivity contribution in [2.45, 2.75) is 38.5 Å². The standard InChI is InChI=1S/C14H24O4/c15-7-1-9-17-11-13-3-5-14(6-4-13)12-18-10-2-8-16/h7-8,13-14H,1-6,9-12H2. The van der Waals surface area contributed by atoms with Crippen molar-refractivity contribution in [3.63, 3.8) is 0 Å². The second kappa shape index (κ2) is 10.2. The van der Waals surface area contributed by atoms with Gasteiger partial charge >= 0.3 is 0 Å². The molecular formula is C14H24O4. The summed E-state index contributed by atoms with van der Waals surface area (Å²) in [6, 6.07) is 0. The first-order valence-corrected chi connectivity index (χ1v) is 6.89. The zero-order chi connectivity index (χ0) is 13.1. The number of carbonyl (C=O) groups excluding carboxylic acids is 2. The predicted octanol–water partition coefficient (Wildman–Crippen LogP) is 2.00. The van der Waals surface area contributed by atoms with Crippen LogP contribution in [0.1, 0.15) is 38.5 Å². The zero-order valence-corrected chi connectivity index (χ0v) is 11.0. The summed E-state index contributed by atoms with van der Waals surface area (Å²) in [7, 11) is 0. The highest BCUT2D eigenvalue weighted by molar-refractivity contribution is 5.49.